The van der Waals surface area contributed by atoms with Crippen molar-refractivity contribution in [3.8, 4) is 5.69 Å². The van der Waals surface area contributed by atoms with Crippen molar-refractivity contribution in [1.29, 1.82) is 0 Å². The highest BCUT2D eigenvalue weighted by Crippen LogP contribution is 2.24. The number of rotatable bonds is 3. The lowest BCUT2D eigenvalue weighted by molar-refractivity contribution is 0.596. The van der Waals surface area contributed by atoms with Gasteiger partial charge in [-0.1, -0.05) is 12.1 Å². The summed E-state index contributed by atoms with van der Waals surface area (Å²) in [6, 6.07) is 18.1. The van der Waals surface area contributed by atoms with Crippen LogP contribution in [-0.4, -0.2) is 13.0 Å². The topological polar surface area (TPSA) is 39.1 Å². The van der Waals surface area contributed by atoms with Gasteiger partial charge in [-0.15, -0.1) is 0 Å². The van der Waals surface area contributed by atoms with Gasteiger partial charge in [0, 0.05) is 17.1 Å². The van der Waals surface area contributed by atoms with Crippen molar-refractivity contribution < 1.29 is 8.42 Å². The number of sulfone groups is 1. The van der Waals surface area contributed by atoms with Crippen molar-refractivity contribution in [1.82, 2.24) is 4.57 Å². The van der Waals surface area contributed by atoms with Crippen molar-refractivity contribution in [2.24, 2.45) is 0 Å². The molecule has 0 aliphatic rings. The predicted octanol–water partition coefficient (Wildman–Crippen LogP) is 4.24. The van der Waals surface area contributed by atoms with Crippen molar-refractivity contribution in [2.45, 2.75) is 30.6 Å². The fourth-order valence-corrected chi connectivity index (χ4v) is 4.13. The standard InChI is InChI=1S/C19H19NO2S/c1-14-5-4-6-19(13-14)23(21,22)18-11-9-17(10-12-18)20-15(2)7-8-16(20)3/h4-13H,1-3H3. The summed E-state index contributed by atoms with van der Waals surface area (Å²) < 4.78 is 27.5. The van der Waals surface area contributed by atoms with E-state index in [2.05, 4.69) is 4.57 Å². The average molecular weight is 325 g/mol. The van der Waals surface area contributed by atoms with Crippen LogP contribution in [0.5, 0.6) is 0 Å². The van der Waals surface area contributed by atoms with Crippen LogP contribution in [0.25, 0.3) is 5.69 Å². The number of aryl methyl sites for hydroxylation is 3. The third kappa shape index (κ3) is 2.82. The normalized spacial score (nSPS) is 11.6. The third-order valence-electron chi connectivity index (χ3n) is 3.98. The molecule has 0 aliphatic carbocycles. The van der Waals surface area contributed by atoms with Gasteiger partial charge in [0.15, 0.2) is 0 Å². The monoisotopic (exact) mass is 325 g/mol. The Balaban J connectivity index is 2.03. The SMILES string of the molecule is Cc1cccc(S(=O)(=O)c2ccc(-n3c(C)ccc3C)cc2)c1. The van der Waals surface area contributed by atoms with E-state index in [1.54, 1.807) is 30.3 Å². The van der Waals surface area contributed by atoms with E-state index in [-0.39, 0.29) is 0 Å². The van der Waals surface area contributed by atoms with Crippen molar-refractivity contribution in [3.63, 3.8) is 0 Å². The smallest absolute Gasteiger partial charge is 0.206 e. The molecule has 0 N–H and O–H groups in total. The molecule has 0 amide bonds. The van der Waals surface area contributed by atoms with Gasteiger partial charge < -0.3 is 4.57 Å². The van der Waals surface area contributed by atoms with E-state index in [1.165, 1.54) is 0 Å². The van der Waals surface area contributed by atoms with Gasteiger partial charge in [0.1, 0.15) is 0 Å². The molecule has 0 bridgehead atoms. The van der Waals surface area contributed by atoms with Gasteiger partial charge in [0.25, 0.3) is 0 Å². The Labute approximate surface area is 137 Å². The van der Waals surface area contributed by atoms with Crippen molar-refractivity contribution in [3.05, 3.63) is 77.6 Å². The Morgan fingerprint density at radius 3 is 1.91 bits per heavy atom. The zero-order chi connectivity index (χ0) is 16.6. The summed E-state index contributed by atoms with van der Waals surface area (Å²) in [5.74, 6) is 0. The van der Waals surface area contributed by atoms with Gasteiger partial charge in [0.2, 0.25) is 9.84 Å². The van der Waals surface area contributed by atoms with Crippen LogP contribution in [-0.2, 0) is 9.84 Å². The molecule has 0 spiro atoms. The minimum Gasteiger partial charge on any atom is -0.319 e. The lowest BCUT2D eigenvalue weighted by Crippen LogP contribution is -2.04. The highest BCUT2D eigenvalue weighted by Gasteiger charge is 2.17. The minimum absolute atomic E-state index is 0.314. The highest BCUT2D eigenvalue weighted by molar-refractivity contribution is 7.91. The Morgan fingerprint density at radius 1 is 0.739 bits per heavy atom. The zero-order valence-electron chi connectivity index (χ0n) is 13.4. The van der Waals surface area contributed by atoms with Gasteiger partial charge in [0.05, 0.1) is 9.79 Å². The molecule has 3 rings (SSSR count). The van der Waals surface area contributed by atoms with Crippen LogP contribution >= 0.6 is 0 Å². The number of benzene rings is 2. The van der Waals surface area contributed by atoms with Crippen LogP contribution in [0.3, 0.4) is 0 Å². The number of nitrogens with zero attached hydrogens (tertiary/aromatic N) is 1. The van der Waals surface area contributed by atoms with Gasteiger partial charge in [-0.3, -0.25) is 0 Å². The fraction of sp³-hybridized carbons (Fsp3) is 0.158. The molecule has 1 heterocycles. The highest BCUT2D eigenvalue weighted by atomic mass is 32.2. The van der Waals surface area contributed by atoms with E-state index in [0.29, 0.717) is 9.79 Å². The molecular weight excluding hydrogens is 306 g/mol. The molecular formula is C19H19NO2S. The Bertz CT molecular complexity index is 932. The van der Waals surface area contributed by atoms with E-state index in [1.807, 2.05) is 51.1 Å². The predicted molar refractivity (Wildman–Crippen MR) is 91.9 cm³/mol. The van der Waals surface area contributed by atoms with E-state index in [9.17, 15) is 8.42 Å². The molecule has 0 saturated heterocycles. The summed E-state index contributed by atoms with van der Waals surface area (Å²) in [6.07, 6.45) is 0. The molecule has 23 heavy (non-hydrogen) atoms. The first-order chi connectivity index (χ1) is 10.9. The number of hydrogen-bond donors (Lipinski definition) is 0. The number of aromatic nitrogens is 1. The lowest BCUT2D eigenvalue weighted by atomic mass is 10.2. The minimum atomic E-state index is -3.48. The molecule has 0 saturated carbocycles. The van der Waals surface area contributed by atoms with Gasteiger partial charge in [-0.25, -0.2) is 8.42 Å². The van der Waals surface area contributed by atoms with Crippen molar-refractivity contribution in [2.75, 3.05) is 0 Å². The quantitative estimate of drug-likeness (QED) is 0.722. The van der Waals surface area contributed by atoms with Gasteiger partial charge in [-0.2, -0.15) is 0 Å². The van der Waals surface area contributed by atoms with Crippen LogP contribution in [0.1, 0.15) is 17.0 Å². The molecule has 4 heteroatoms. The van der Waals surface area contributed by atoms with E-state index in [4.69, 9.17) is 0 Å². The molecule has 1 aromatic heterocycles. The summed E-state index contributed by atoms with van der Waals surface area (Å²) in [4.78, 5) is 0.646. The second-order valence-electron chi connectivity index (χ2n) is 5.77. The fourth-order valence-electron chi connectivity index (χ4n) is 2.77. The maximum absolute atomic E-state index is 12.7. The average Bonchev–Trinajstić information content (AvgIpc) is 2.86. The second-order valence-corrected chi connectivity index (χ2v) is 7.72. The zero-order valence-corrected chi connectivity index (χ0v) is 14.3. The molecule has 0 atom stereocenters. The van der Waals surface area contributed by atoms with Crippen LogP contribution in [0, 0.1) is 20.8 Å². The first-order valence-electron chi connectivity index (χ1n) is 7.47. The molecule has 0 fully saturated rings. The summed E-state index contributed by atoms with van der Waals surface area (Å²) in [5.41, 5.74) is 4.14. The lowest BCUT2D eigenvalue weighted by Gasteiger charge is -2.11. The Hall–Kier alpha value is -2.33. The van der Waals surface area contributed by atoms with Crippen LogP contribution in [0.15, 0.2) is 70.5 Å². The van der Waals surface area contributed by atoms with Gasteiger partial charge in [-0.05, 0) is 74.9 Å². The molecule has 118 valence electrons. The Morgan fingerprint density at radius 2 is 1.35 bits per heavy atom. The molecule has 0 unspecified atom stereocenters. The molecule has 3 nitrogen and oxygen atoms in total. The molecule has 2 aromatic carbocycles. The van der Waals surface area contributed by atoms with Crippen molar-refractivity contribution >= 4 is 9.84 Å². The first-order valence-corrected chi connectivity index (χ1v) is 8.95. The third-order valence-corrected chi connectivity index (χ3v) is 5.74. The van der Waals surface area contributed by atoms with Gasteiger partial charge >= 0.3 is 0 Å². The summed E-state index contributed by atoms with van der Waals surface area (Å²) in [6.45, 7) is 5.95. The van der Waals surface area contributed by atoms with E-state index in [0.717, 1.165) is 22.6 Å². The molecule has 0 radical (unpaired) electrons. The van der Waals surface area contributed by atoms with Crippen LogP contribution in [0.2, 0.25) is 0 Å². The van der Waals surface area contributed by atoms with Crippen LogP contribution < -0.4 is 0 Å². The molecule has 3 aromatic rings. The Kier molecular flexibility index (Phi) is 3.86. The second kappa shape index (κ2) is 5.70. The summed E-state index contributed by atoms with van der Waals surface area (Å²) >= 11 is 0. The molecule has 0 aliphatic heterocycles. The maximum Gasteiger partial charge on any atom is 0.206 e. The van der Waals surface area contributed by atoms with Crippen LogP contribution in [0.4, 0.5) is 0 Å². The van der Waals surface area contributed by atoms with E-state index >= 15 is 0 Å². The number of hydrogen-bond acceptors (Lipinski definition) is 2. The van der Waals surface area contributed by atoms with E-state index < -0.39 is 9.84 Å². The summed E-state index contributed by atoms with van der Waals surface area (Å²) in [7, 11) is -3.48. The largest absolute Gasteiger partial charge is 0.319 e. The summed E-state index contributed by atoms with van der Waals surface area (Å²) in [5, 5.41) is 0. The first kappa shape index (κ1) is 15.6. The maximum atomic E-state index is 12.7.